The van der Waals surface area contributed by atoms with E-state index in [1.807, 2.05) is 43.3 Å². The summed E-state index contributed by atoms with van der Waals surface area (Å²) >= 11 is 12.5. The molecule has 0 saturated carbocycles. The van der Waals surface area contributed by atoms with Gasteiger partial charge in [-0.2, -0.15) is 0 Å². The van der Waals surface area contributed by atoms with Gasteiger partial charge in [-0.25, -0.2) is 4.39 Å². The lowest BCUT2D eigenvalue weighted by atomic mass is 10.0. The van der Waals surface area contributed by atoms with Crippen LogP contribution >= 0.6 is 23.2 Å². The molecule has 1 N–H and O–H groups in total. The summed E-state index contributed by atoms with van der Waals surface area (Å²) in [5.74, 6) is -1.28. The number of carbonyl (C=O) groups excluding carboxylic acids is 2. The van der Waals surface area contributed by atoms with Gasteiger partial charge in [-0.15, -0.1) is 0 Å². The minimum atomic E-state index is -0.818. The van der Waals surface area contributed by atoms with E-state index in [1.165, 1.54) is 23.1 Å². The number of hydrogen-bond acceptors (Lipinski definition) is 2. The molecule has 1 atom stereocenters. The summed E-state index contributed by atoms with van der Waals surface area (Å²) in [5.41, 5.74) is 1.69. The van der Waals surface area contributed by atoms with Crippen LogP contribution in [0.1, 0.15) is 23.6 Å². The summed E-state index contributed by atoms with van der Waals surface area (Å²) in [6.07, 6.45) is 0.0223. The van der Waals surface area contributed by atoms with E-state index in [-0.39, 0.29) is 29.5 Å². The maximum atomic E-state index is 14.4. The van der Waals surface area contributed by atoms with Crippen LogP contribution in [0.15, 0.2) is 72.8 Å². The molecule has 3 aromatic rings. The normalized spacial score (nSPS) is 11.6. The molecule has 4 nitrogen and oxygen atoms in total. The number of rotatable bonds is 9. The third kappa shape index (κ3) is 6.56. The Morgan fingerprint density at radius 3 is 2.27 bits per heavy atom. The van der Waals surface area contributed by atoms with Crippen molar-refractivity contribution in [2.45, 2.75) is 32.4 Å². The summed E-state index contributed by atoms with van der Waals surface area (Å²) in [6, 6.07) is 20.1. The second kappa shape index (κ2) is 11.8. The van der Waals surface area contributed by atoms with E-state index in [2.05, 4.69) is 5.32 Å². The molecule has 3 aromatic carbocycles. The first-order valence-corrected chi connectivity index (χ1v) is 11.4. The van der Waals surface area contributed by atoms with Crippen molar-refractivity contribution in [2.75, 3.05) is 6.54 Å². The van der Waals surface area contributed by atoms with E-state index in [0.29, 0.717) is 23.6 Å². The summed E-state index contributed by atoms with van der Waals surface area (Å²) < 4.78 is 14.4. The lowest BCUT2D eigenvalue weighted by Crippen LogP contribution is -2.51. The molecule has 0 spiro atoms. The van der Waals surface area contributed by atoms with Crippen molar-refractivity contribution >= 4 is 35.0 Å². The molecule has 0 unspecified atom stereocenters. The van der Waals surface area contributed by atoms with E-state index in [4.69, 9.17) is 23.2 Å². The molecule has 0 aliphatic rings. The average molecular weight is 487 g/mol. The van der Waals surface area contributed by atoms with Gasteiger partial charge >= 0.3 is 0 Å². The molecule has 0 fully saturated rings. The number of hydrogen-bond donors (Lipinski definition) is 1. The Morgan fingerprint density at radius 2 is 1.61 bits per heavy atom. The molecular formula is C26H25Cl2FN2O2. The molecule has 0 heterocycles. The Hall–Kier alpha value is -2.89. The number of amides is 2. The van der Waals surface area contributed by atoms with Crippen LogP contribution in [0.3, 0.4) is 0 Å². The van der Waals surface area contributed by atoms with Crippen molar-refractivity contribution in [1.29, 1.82) is 0 Å². The molecule has 3 rings (SSSR count). The molecule has 172 valence electrons. The highest BCUT2D eigenvalue weighted by molar-refractivity contribution is 6.31. The topological polar surface area (TPSA) is 49.4 Å². The van der Waals surface area contributed by atoms with E-state index in [0.717, 1.165) is 5.56 Å². The van der Waals surface area contributed by atoms with Crippen LogP contribution in [0.4, 0.5) is 4.39 Å². The quantitative estimate of drug-likeness (QED) is 0.437. The number of nitrogens with one attached hydrogen (secondary N) is 1. The molecule has 0 aliphatic heterocycles. The van der Waals surface area contributed by atoms with Gasteiger partial charge in [0.25, 0.3) is 0 Å². The molecule has 0 aliphatic carbocycles. The number of benzene rings is 3. The highest BCUT2D eigenvalue weighted by Gasteiger charge is 2.31. The van der Waals surface area contributed by atoms with Crippen LogP contribution in [0.25, 0.3) is 0 Å². The van der Waals surface area contributed by atoms with Crippen molar-refractivity contribution in [3.05, 3.63) is 105 Å². The minimum absolute atomic E-state index is 0.0964. The molecule has 0 bridgehead atoms. The number of nitrogens with zero attached hydrogens (tertiary/aromatic N) is 1. The lowest BCUT2D eigenvalue weighted by Gasteiger charge is -2.32. The van der Waals surface area contributed by atoms with Crippen molar-refractivity contribution in [3.63, 3.8) is 0 Å². The molecular weight excluding hydrogens is 462 g/mol. The summed E-state index contributed by atoms with van der Waals surface area (Å²) in [7, 11) is 0. The fourth-order valence-corrected chi connectivity index (χ4v) is 4.04. The van der Waals surface area contributed by atoms with Gasteiger partial charge in [-0.05, 0) is 36.2 Å². The van der Waals surface area contributed by atoms with Gasteiger partial charge in [0, 0.05) is 35.1 Å². The first-order valence-electron chi connectivity index (χ1n) is 10.7. The smallest absolute Gasteiger partial charge is 0.243 e. The fraction of sp³-hybridized carbons (Fsp3) is 0.231. The third-order valence-electron chi connectivity index (χ3n) is 5.31. The van der Waals surface area contributed by atoms with Crippen LogP contribution in [0, 0.1) is 5.82 Å². The van der Waals surface area contributed by atoms with Crippen molar-refractivity contribution in [3.8, 4) is 0 Å². The van der Waals surface area contributed by atoms with Crippen LogP contribution in [0.5, 0.6) is 0 Å². The lowest BCUT2D eigenvalue weighted by molar-refractivity contribution is -0.140. The van der Waals surface area contributed by atoms with Gasteiger partial charge in [0.1, 0.15) is 11.9 Å². The first kappa shape index (κ1) is 24.7. The largest absolute Gasteiger partial charge is 0.355 e. The van der Waals surface area contributed by atoms with Gasteiger partial charge < -0.3 is 10.2 Å². The van der Waals surface area contributed by atoms with Crippen LogP contribution in [0.2, 0.25) is 10.0 Å². The van der Waals surface area contributed by atoms with Gasteiger partial charge in [-0.3, -0.25) is 9.59 Å². The van der Waals surface area contributed by atoms with Crippen molar-refractivity contribution in [2.24, 2.45) is 0 Å². The van der Waals surface area contributed by atoms with Gasteiger partial charge in [-0.1, -0.05) is 77.8 Å². The predicted octanol–water partition coefficient (Wildman–Crippen LogP) is 5.45. The fourth-order valence-electron chi connectivity index (χ4n) is 3.61. The SMILES string of the molecule is CCNC(=O)[C@H](Cc1ccccc1)N(Cc1ccccc1Cl)C(=O)Cc1c(F)cccc1Cl. The Kier molecular flexibility index (Phi) is 8.87. The third-order valence-corrected chi connectivity index (χ3v) is 6.03. The van der Waals surface area contributed by atoms with E-state index in [9.17, 15) is 14.0 Å². The van der Waals surface area contributed by atoms with Crippen LogP contribution < -0.4 is 5.32 Å². The second-order valence-corrected chi connectivity index (χ2v) is 8.40. The Bertz CT molecular complexity index is 1090. The number of halogens is 3. The molecule has 2 amide bonds. The zero-order valence-corrected chi connectivity index (χ0v) is 19.7. The van der Waals surface area contributed by atoms with E-state index in [1.54, 1.807) is 18.2 Å². The first-order chi connectivity index (χ1) is 15.9. The Morgan fingerprint density at radius 1 is 0.939 bits per heavy atom. The van der Waals surface area contributed by atoms with E-state index >= 15 is 0 Å². The predicted molar refractivity (Wildman–Crippen MR) is 130 cm³/mol. The zero-order valence-electron chi connectivity index (χ0n) is 18.2. The van der Waals surface area contributed by atoms with Crippen LogP contribution in [-0.2, 0) is 29.0 Å². The standard InChI is InChI=1S/C26H25Cl2FN2O2/c1-2-30-26(33)24(15-18-9-4-3-5-10-18)31(17-19-11-6-7-12-21(19)27)25(32)16-20-22(28)13-8-14-23(20)29/h3-14,24H,2,15-17H2,1H3,(H,30,33)/t24-/m0/s1. The molecule has 33 heavy (non-hydrogen) atoms. The molecule has 7 heteroatoms. The molecule has 0 radical (unpaired) electrons. The summed E-state index contributed by atoms with van der Waals surface area (Å²) in [6.45, 7) is 2.33. The highest BCUT2D eigenvalue weighted by atomic mass is 35.5. The highest BCUT2D eigenvalue weighted by Crippen LogP contribution is 2.24. The summed E-state index contributed by atoms with van der Waals surface area (Å²) in [4.78, 5) is 28.1. The molecule has 0 aromatic heterocycles. The number of likely N-dealkylation sites (N-methyl/N-ethyl adjacent to an activating group) is 1. The Labute approximate surface area is 203 Å². The maximum absolute atomic E-state index is 14.4. The molecule has 0 saturated heterocycles. The van der Waals surface area contributed by atoms with Gasteiger partial charge in [0.05, 0.1) is 6.42 Å². The monoisotopic (exact) mass is 486 g/mol. The summed E-state index contributed by atoms with van der Waals surface area (Å²) in [5, 5.41) is 3.47. The number of carbonyl (C=O) groups is 2. The zero-order chi connectivity index (χ0) is 23.8. The minimum Gasteiger partial charge on any atom is -0.355 e. The Balaban J connectivity index is 2.01. The maximum Gasteiger partial charge on any atom is 0.243 e. The van der Waals surface area contributed by atoms with Crippen molar-refractivity contribution in [1.82, 2.24) is 10.2 Å². The second-order valence-electron chi connectivity index (χ2n) is 7.59. The van der Waals surface area contributed by atoms with E-state index < -0.39 is 17.8 Å². The van der Waals surface area contributed by atoms with Gasteiger partial charge in [0.2, 0.25) is 11.8 Å². The average Bonchev–Trinajstić information content (AvgIpc) is 2.80. The van der Waals surface area contributed by atoms with Crippen molar-refractivity contribution < 1.29 is 14.0 Å². The van der Waals surface area contributed by atoms with Crippen LogP contribution in [-0.4, -0.2) is 29.3 Å². The van der Waals surface area contributed by atoms with Gasteiger partial charge in [0.15, 0.2) is 0 Å².